The minimum atomic E-state index is -0.931. The molecular weight excluding hydrogens is 340 g/mol. The number of benzene rings is 2. The molecule has 27 heavy (non-hydrogen) atoms. The Morgan fingerprint density at radius 1 is 1.19 bits per heavy atom. The van der Waals surface area contributed by atoms with E-state index >= 15 is 0 Å². The predicted molar refractivity (Wildman–Crippen MR) is 104 cm³/mol. The van der Waals surface area contributed by atoms with Crippen molar-refractivity contribution in [3.05, 3.63) is 59.2 Å². The summed E-state index contributed by atoms with van der Waals surface area (Å²) in [6.45, 7) is 3.41. The molecule has 2 N–H and O–H groups in total. The van der Waals surface area contributed by atoms with Crippen LogP contribution in [0.15, 0.2) is 42.5 Å². The maximum atomic E-state index is 13.1. The Kier molecular flexibility index (Phi) is 4.79. The van der Waals surface area contributed by atoms with Crippen molar-refractivity contribution >= 4 is 5.91 Å². The summed E-state index contributed by atoms with van der Waals surface area (Å²) in [6.07, 6.45) is 3.06. The second kappa shape index (κ2) is 7.24. The predicted octanol–water partition coefficient (Wildman–Crippen LogP) is 2.84. The molecule has 2 heterocycles. The lowest BCUT2D eigenvalue weighted by atomic mass is 9.69. The van der Waals surface area contributed by atoms with Crippen LogP contribution in [-0.4, -0.2) is 37.6 Å². The van der Waals surface area contributed by atoms with E-state index in [0.29, 0.717) is 24.5 Å². The van der Waals surface area contributed by atoms with Crippen LogP contribution in [0, 0.1) is 0 Å². The number of rotatable bonds is 5. The fourth-order valence-corrected chi connectivity index (χ4v) is 4.45. The number of primary amides is 1. The quantitative estimate of drug-likeness (QED) is 0.884. The lowest BCUT2D eigenvalue weighted by Crippen LogP contribution is -2.45. The maximum Gasteiger partial charge on any atom is 0.232 e. The molecule has 1 saturated heterocycles. The summed E-state index contributed by atoms with van der Waals surface area (Å²) in [5, 5.41) is 0. The summed E-state index contributed by atoms with van der Waals surface area (Å²) in [6, 6.07) is 13.6. The summed E-state index contributed by atoms with van der Waals surface area (Å²) >= 11 is 0. The van der Waals surface area contributed by atoms with E-state index in [1.165, 1.54) is 12.8 Å². The normalized spacial score (nSPS) is 21.7. The van der Waals surface area contributed by atoms with Crippen LogP contribution in [0.25, 0.3) is 0 Å². The van der Waals surface area contributed by atoms with Crippen LogP contribution >= 0.6 is 0 Å². The zero-order valence-electron chi connectivity index (χ0n) is 15.7. The van der Waals surface area contributed by atoms with Crippen LogP contribution in [0.1, 0.15) is 36.0 Å². The smallest absolute Gasteiger partial charge is 0.232 e. The molecule has 2 aliphatic rings. The highest BCUT2D eigenvalue weighted by atomic mass is 16.5. The van der Waals surface area contributed by atoms with Gasteiger partial charge in [-0.25, -0.2) is 0 Å². The van der Waals surface area contributed by atoms with E-state index in [1.807, 2.05) is 42.5 Å². The molecule has 0 aliphatic carbocycles. The molecule has 0 aromatic heterocycles. The van der Waals surface area contributed by atoms with Gasteiger partial charge in [0.25, 0.3) is 0 Å². The van der Waals surface area contributed by atoms with Gasteiger partial charge in [-0.15, -0.1) is 0 Å². The highest BCUT2D eigenvalue weighted by molar-refractivity contribution is 5.92. The van der Waals surface area contributed by atoms with Crippen molar-refractivity contribution in [2.24, 2.45) is 5.73 Å². The van der Waals surface area contributed by atoms with Gasteiger partial charge in [0.15, 0.2) is 0 Å². The number of nitrogens with two attached hydrogens (primary N) is 1. The van der Waals surface area contributed by atoms with E-state index in [4.69, 9.17) is 15.2 Å². The molecule has 1 amide bonds. The third kappa shape index (κ3) is 3.06. The van der Waals surface area contributed by atoms with Crippen LogP contribution in [0.4, 0.5) is 0 Å². The molecule has 2 aromatic rings. The lowest BCUT2D eigenvalue weighted by molar-refractivity contribution is -0.122. The van der Waals surface area contributed by atoms with Gasteiger partial charge in [0.2, 0.25) is 5.91 Å². The number of hydrogen-bond acceptors (Lipinski definition) is 4. The largest absolute Gasteiger partial charge is 0.497 e. The Bertz CT molecular complexity index is 845. The first-order chi connectivity index (χ1) is 13.1. The van der Waals surface area contributed by atoms with Gasteiger partial charge in [-0.3, -0.25) is 4.79 Å². The van der Waals surface area contributed by atoms with E-state index < -0.39 is 5.41 Å². The summed E-state index contributed by atoms with van der Waals surface area (Å²) in [5.41, 5.74) is 7.95. The number of carbonyl (C=O) groups is 1. The molecule has 0 radical (unpaired) electrons. The Hall–Kier alpha value is -2.53. The van der Waals surface area contributed by atoms with Crippen LogP contribution in [0.2, 0.25) is 0 Å². The Labute approximate surface area is 160 Å². The molecule has 2 aromatic carbocycles. The summed E-state index contributed by atoms with van der Waals surface area (Å²) in [5.74, 6) is 1.06. The van der Waals surface area contributed by atoms with E-state index in [9.17, 15) is 4.79 Å². The third-order valence-electron chi connectivity index (χ3n) is 5.93. The molecule has 5 nitrogen and oxygen atoms in total. The van der Waals surface area contributed by atoms with E-state index in [2.05, 4.69) is 4.90 Å². The first kappa shape index (κ1) is 17.9. The van der Waals surface area contributed by atoms with E-state index in [-0.39, 0.29) is 5.91 Å². The number of carbonyl (C=O) groups excluding carboxylic acids is 1. The molecule has 4 rings (SSSR count). The van der Waals surface area contributed by atoms with Gasteiger partial charge in [0.05, 0.1) is 7.11 Å². The first-order valence-electron chi connectivity index (χ1n) is 9.57. The van der Waals surface area contributed by atoms with Crippen LogP contribution in [-0.2, 0) is 16.8 Å². The molecule has 1 unspecified atom stereocenters. The van der Waals surface area contributed by atoms with Gasteiger partial charge >= 0.3 is 0 Å². The number of ether oxygens (including phenoxy) is 2. The Balaban J connectivity index is 1.89. The van der Waals surface area contributed by atoms with Gasteiger partial charge < -0.3 is 20.1 Å². The highest BCUT2D eigenvalue weighted by Gasteiger charge is 2.45. The lowest BCUT2D eigenvalue weighted by Gasteiger charge is -2.34. The number of nitrogens with zero attached hydrogens (tertiary/aromatic N) is 1. The van der Waals surface area contributed by atoms with Crippen molar-refractivity contribution in [3.8, 4) is 11.5 Å². The minimum Gasteiger partial charge on any atom is -0.497 e. The summed E-state index contributed by atoms with van der Waals surface area (Å²) < 4.78 is 11.5. The molecule has 1 atom stereocenters. The monoisotopic (exact) mass is 366 g/mol. The number of fused-ring (bicyclic) bond motifs is 2. The van der Waals surface area contributed by atoms with Crippen LogP contribution in [0.3, 0.4) is 0 Å². The second-order valence-electron chi connectivity index (χ2n) is 7.38. The van der Waals surface area contributed by atoms with E-state index in [1.54, 1.807) is 7.11 Å². The van der Waals surface area contributed by atoms with Crippen LogP contribution in [0.5, 0.6) is 11.5 Å². The maximum absolute atomic E-state index is 13.1. The molecular formula is C22H26N2O3. The van der Waals surface area contributed by atoms with Crippen molar-refractivity contribution < 1.29 is 14.3 Å². The fourth-order valence-electron chi connectivity index (χ4n) is 4.45. The van der Waals surface area contributed by atoms with Crippen molar-refractivity contribution in [3.63, 3.8) is 0 Å². The minimum absolute atomic E-state index is 0.339. The fraction of sp³-hybridized carbons (Fsp3) is 0.409. The second-order valence-corrected chi connectivity index (χ2v) is 7.38. The van der Waals surface area contributed by atoms with E-state index in [0.717, 1.165) is 36.3 Å². The average Bonchev–Trinajstić information content (AvgIpc) is 3.16. The summed E-state index contributed by atoms with van der Waals surface area (Å²) in [7, 11) is 1.63. The highest BCUT2D eigenvalue weighted by Crippen LogP contribution is 2.46. The average molecular weight is 366 g/mol. The number of hydrogen-bond donors (Lipinski definition) is 1. The van der Waals surface area contributed by atoms with Gasteiger partial charge in [-0.2, -0.15) is 0 Å². The third-order valence-corrected chi connectivity index (χ3v) is 5.93. The topological polar surface area (TPSA) is 64.8 Å². The number of amides is 1. The zero-order valence-corrected chi connectivity index (χ0v) is 15.7. The molecule has 0 bridgehead atoms. The molecule has 5 heteroatoms. The molecule has 2 aliphatic heterocycles. The van der Waals surface area contributed by atoms with Crippen molar-refractivity contribution in [2.75, 3.05) is 26.7 Å². The molecule has 142 valence electrons. The standard InChI is InChI=1S/C22H26N2O3/c1-26-17-8-9-20-19(14-17)22(21(23)25,10-13-24-11-4-5-12-24)18-7-3-2-6-16(18)15-27-20/h2-3,6-9,14H,4-5,10-13,15H2,1H3,(H2,23,25). The number of methoxy groups -OCH3 is 1. The summed E-state index contributed by atoms with van der Waals surface area (Å²) in [4.78, 5) is 15.5. The molecule has 0 spiro atoms. The Morgan fingerprint density at radius 3 is 2.70 bits per heavy atom. The number of likely N-dealkylation sites (tertiary alicyclic amines) is 1. The van der Waals surface area contributed by atoms with Gasteiger partial charge in [0.1, 0.15) is 23.5 Å². The van der Waals surface area contributed by atoms with Gasteiger partial charge in [-0.1, -0.05) is 24.3 Å². The van der Waals surface area contributed by atoms with Gasteiger partial charge in [-0.05, 0) is 68.2 Å². The van der Waals surface area contributed by atoms with Crippen molar-refractivity contribution in [2.45, 2.75) is 31.3 Å². The Morgan fingerprint density at radius 2 is 1.96 bits per heavy atom. The first-order valence-corrected chi connectivity index (χ1v) is 9.57. The molecule has 1 fully saturated rings. The van der Waals surface area contributed by atoms with Gasteiger partial charge in [0, 0.05) is 5.56 Å². The van der Waals surface area contributed by atoms with Crippen molar-refractivity contribution in [1.82, 2.24) is 4.90 Å². The van der Waals surface area contributed by atoms with Crippen LogP contribution < -0.4 is 15.2 Å². The zero-order chi connectivity index (χ0) is 18.9. The SMILES string of the molecule is COc1ccc2c(c1)C(CCN1CCCC1)(C(N)=O)c1ccccc1CO2. The molecule has 0 saturated carbocycles. The van der Waals surface area contributed by atoms with Crippen molar-refractivity contribution in [1.29, 1.82) is 0 Å².